The second kappa shape index (κ2) is 5.56. The highest BCUT2D eigenvalue weighted by Crippen LogP contribution is 2.13. The lowest BCUT2D eigenvalue weighted by molar-refractivity contribution is -0.131. The molecule has 1 heterocycles. The highest BCUT2D eigenvalue weighted by atomic mass is 32.1. The predicted molar refractivity (Wildman–Crippen MR) is 61.8 cm³/mol. The minimum Gasteiger partial charge on any atom is -0.478 e. The molecule has 0 unspecified atom stereocenters. The van der Waals surface area contributed by atoms with Crippen LogP contribution in [-0.4, -0.2) is 22.0 Å². The van der Waals surface area contributed by atoms with Gasteiger partial charge in [0.1, 0.15) is 0 Å². The van der Waals surface area contributed by atoms with E-state index in [9.17, 15) is 4.79 Å². The molecule has 0 bridgehead atoms. The number of carboxylic acid groups (broad SMARTS) is 1. The first-order valence-corrected chi connectivity index (χ1v) is 5.67. The van der Waals surface area contributed by atoms with Gasteiger partial charge in [-0.05, 0) is 25.3 Å². The number of carbonyl (C=O) groups is 1. The van der Waals surface area contributed by atoms with Crippen LogP contribution in [0.25, 0.3) is 0 Å². The quantitative estimate of drug-likeness (QED) is 0.783. The third-order valence-electron chi connectivity index (χ3n) is 1.99. The number of nitrogens with zero attached hydrogens (tertiary/aromatic N) is 1. The topological polar surface area (TPSA) is 40.5 Å². The number of carboxylic acids is 1. The van der Waals surface area contributed by atoms with Gasteiger partial charge in [0.15, 0.2) is 0 Å². The van der Waals surface area contributed by atoms with Crippen LogP contribution in [0.15, 0.2) is 29.8 Å². The fraction of sp³-hybridized carbons (Fsp3) is 0.364. The molecule has 0 spiro atoms. The maximum atomic E-state index is 10.4. The molecular weight excluding hydrogens is 210 g/mol. The molecule has 1 aromatic heterocycles. The van der Waals surface area contributed by atoms with Crippen LogP contribution in [0.3, 0.4) is 0 Å². The highest BCUT2D eigenvalue weighted by molar-refractivity contribution is 7.09. The van der Waals surface area contributed by atoms with Gasteiger partial charge in [-0.25, -0.2) is 4.79 Å². The van der Waals surface area contributed by atoms with Crippen LogP contribution >= 0.6 is 11.3 Å². The Hall–Kier alpha value is -1.29. The van der Waals surface area contributed by atoms with Crippen molar-refractivity contribution in [3.05, 3.63) is 34.7 Å². The zero-order valence-electron chi connectivity index (χ0n) is 8.88. The number of hydrogen-bond acceptors (Lipinski definition) is 3. The minimum absolute atomic E-state index is 0.294. The van der Waals surface area contributed by atoms with Crippen LogP contribution in [0, 0.1) is 0 Å². The first-order valence-electron chi connectivity index (χ1n) is 4.79. The summed E-state index contributed by atoms with van der Waals surface area (Å²) in [6.45, 7) is 4.85. The van der Waals surface area contributed by atoms with E-state index in [-0.39, 0.29) is 0 Å². The lowest BCUT2D eigenvalue weighted by Crippen LogP contribution is -2.24. The molecule has 0 atom stereocenters. The zero-order chi connectivity index (χ0) is 11.3. The van der Waals surface area contributed by atoms with Gasteiger partial charge >= 0.3 is 5.97 Å². The van der Waals surface area contributed by atoms with E-state index in [1.807, 2.05) is 30.2 Å². The van der Waals surface area contributed by atoms with E-state index in [2.05, 4.69) is 6.07 Å². The monoisotopic (exact) mass is 225 g/mol. The van der Waals surface area contributed by atoms with Crippen LogP contribution in [0.4, 0.5) is 0 Å². The zero-order valence-corrected chi connectivity index (χ0v) is 9.70. The van der Waals surface area contributed by atoms with Gasteiger partial charge in [0, 0.05) is 23.2 Å². The predicted octanol–water partition coefficient (Wildman–Crippen LogP) is 2.56. The normalized spacial score (nSPS) is 11.1. The third-order valence-corrected chi connectivity index (χ3v) is 2.85. The summed E-state index contributed by atoms with van der Waals surface area (Å²) in [4.78, 5) is 13.7. The molecule has 0 aromatic carbocycles. The molecule has 0 aliphatic rings. The second-order valence-electron chi connectivity index (χ2n) is 3.50. The van der Waals surface area contributed by atoms with Crippen molar-refractivity contribution in [2.45, 2.75) is 26.4 Å². The molecule has 0 aliphatic heterocycles. The van der Waals surface area contributed by atoms with E-state index in [0.717, 1.165) is 6.54 Å². The van der Waals surface area contributed by atoms with Crippen LogP contribution < -0.4 is 0 Å². The van der Waals surface area contributed by atoms with Crippen LogP contribution in [0.2, 0.25) is 0 Å². The van der Waals surface area contributed by atoms with Crippen molar-refractivity contribution in [3.8, 4) is 0 Å². The summed E-state index contributed by atoms with van der Waals surface area (Å²) in [6, 6.07) is 4.34. The van der Waals surface area contributed by atoms with Gasteiger partial charge in [-0.2, -0.15) is 0 Å². The van der Waals surface area contributed by atoms with Crippen LogP contribution in [0.1, 0.15) is 18.7 Å². The standard InChI is InChI=1S/C11H15NO2S/c1-9(2)12(6-5-11(13)14)8-10-4-3-7-15-10/h3-7,9H,8H2,1-2H3,(H,13,14). The Morgan fingerprint density at radius 3 is 2.87 bits per heavy atom. The second-order valence-corrected chi connectivity index (χ2v) is 4.53. The molecule has 15 heavy (non-hydrogen) atoms. The Morgan fingerprint density at radius 2 is 2.40 bits per heavy atom. The Bertz CT molecular complexity index is 330. The van der Waals surface area contributed by atoms with E-state index in [1.165, 1.54) is 11.0 Å². The summed E-state index contributed by atoms with van der Waals surface area (Å²) in [5, 5.41) is 10.6. The molecule has 0 saturated carbocycles. The molecule has 82 valence electrons. The van der Waals surface area contributed by atoms with Gasteiger partial charge in [0.25, 0.3) is 0 Å². The summed E-state index contributed by atoms with van der Waals surface area (Å²) >= 11 is 1.68. The first kappa shape index (κ1) is 11.8. The van der Waals surface area contributed by atoms with Gasteiger partial charge in [0.05, 0.1) is 6.54 Å². The summed E-state index contributed by atoms with van der Waals surface area (Å²) in [7, 11) is 0. The van der Waals surface area contributed by atoms with Crippen LogP contribution in [-0.2, 0) is 11.3 Å². The Kier molecular flexibility index (Phi) is 4.37. The molecule has 0 aliphatic carbocycles. The van der Waals surface area contributed by atoms with Gasteiger partial charge < -0.3 is 10.0 Å². The largest absolute Gasteiger partial charge is 0.478 e. The Balaban J connectivity index is 2.63. The van der Waals surface area contributed by atoms with E-state index in [4.69, 9.17) is 5.11 Å². The molecular formula is C11H15NO2S. The average Bonchev–Trinajstić information content (AvgIpc) is 2.63. The van der Waals surface area contributed by atoms with Crippen molar-refractivity contribution in [3.63, 3.8) is 0 Å². The van der Waals surface area contributed by atoms with Crippen molar-refractivity contribution < 1.29 is 9.90 Å². The van der Waals surface area contributed by atoms with Crippen molar-refractivity contribution in [1.82, 2.24) is 4.90 Å². The highest BCUT2D eigenvalue weighted by Gasteiger charge is 2.06. The molecule has 0 fully saturated rings. The minimum atomic E-state index is -0.910. The molecule has 1 N–H and O–H groups in total. The molecule has 4 heteroatoms. The van der Waals surface area contributed by atoms with Gasteiger partial charge in [-0.3, -0.25) is 0 Å². The van der Waals surface area contributed by atoms with Gasteiger partial charge in [-0.15, -0.1) is 11.3 Å². The van der Waals surface area contributed by atoms with E-state index in [1.54, 1.807) is 17.5 Å². The third kappa shape index (κ3) is 4.16. The van der Waals surface area contributed by atoms with Gasteiger partial charge in [0.2, 0.25) is 0 Å². The van der Waals surface area contributed by atoms with Gasteiger partial charge in [-0.1, -0.05) is 6.07 Å². The lowest BCUT2D eigenvalue weighted by atomic mass is 10.3. The van der Waals surface area contributed by atoms with E-state index < -0.39 is 5.97 Å². The van der Waals surface area contributed by atoms with E-state index >= 15 is 0 Å². The summed E-state index contributed by atoms with van der Waals surface area (Å²) in [5.41, 5.74) is 0. The van der Waals surface area contributed by atoms with Crippen molar-refractivity contribution in [2.75, 3.05) is 0 Å². The number of rotatable bonds is 5. The number of thiophene rings is 1. The Labute approximate surface area is 93.7 Å². The Morgan fingerprint density at radius 1 is 1.67 bits per heavy atom. The molecule has 1 aromatic rings. The SMILES string of the molecule is CC(C)N(C=CC(=O)O)Cc1cccs1. The molecule has 1 rings (SSSR count). The molecule has 0 radical (unpaired) electrons. The van der Waals surface area contributed by atoms with Crippen molar-refractivity contribution in [2.24, 2.45) is 0 Å². The maximum Gasteiger partial charge on any atom is 0.329 e. The maximum absolute atomic E-state index is 10.4. The van der Waals surface area contributed by atoms with Crippen LogP contribution in [0.5, 0.6) is 0 Å². The smallest absolute Gasteiger partial charge is 0.329 e. The molecule has 3 nitrogen and oxygen atoms in total. The van der Waals surface area contributed by atoms with Crippen molar-refractivity contribution >= 4 is 17.3 Å². The number of aliphatic carboxylic acids is 1. The molecule has 0 amide bonds. The molecule has 0 saturated heterocycles. The fourth-order valence-corrected chi connectivity index (χ4v) is 1.86. The van der Waals surface area contributed by atoms with Crippen molar-refractivity contribution in [1.29, 1.82) is 0 Å². The lowest BCUT2D eigenvalue weighted by Gasteiger charge is -2.23. The average molecular weight is 225 g/mol. The fourth-order valence-electron chi connectivity index (χ4n) is 1.15. The summed E-state index contributed by atoms with van der Waals surface area (Å²) in [5.74, 6) is -0.910. The number of hydrogen-bond donors (Lipinski definition) is 1. The van der Waals surface area contributed by atoms with E-state index in [0.29, 0.717) is 6.04 Å². The summed E-state index contributed by atoms with van der Waals surface area (Å²) in [6.07, 6.45) is 2.81. The first-order chi connectivity index (χ1) is 7.09. The summed E-state index contributed by atoms with van der Waals surface area (Å²) < 4.78 is 0.